The first-order valence-corrected chi connectivity index (χ1v) is 3.32. The summed E-state index contributed by atoms with van der Waals surface area (Å²) in [6, 6.07) is 2.23. The van der Waals surface area contributed by atoms with Crippen LogP contribution in [-0.4, -0.2) is 13.2 Å². The minimum Gasteiger partial charge on any atom is -0.380 e. The van der Waals surface area contributed by atoms with Crippen molar-refractivity contribution in [2.45, 2.75) is 13.3 Å². The second kappa shape index (κ2) is 2.84. The van der Waals surface area contributed by atoms with E-state index >= 15 is 0 Å². The van der Waals surface area contributed by atoms with Crippen molar-refractivity contribution in [3.05, 3.63) is 0 Å². The maximum Gasteiger partial charge on any atom is 0.0723 e. The molecule has 1 aliphatic heterocycles. The molecule has 0 aromatic carbocycles. The average molecular weight is 125 g/mol. The molecule has 9 heavy (non-hydrogen) atoms. The van der Waals surface area contributed by atoms with Crippen LogP contribution in [0.5, 0.6) is 0 Å². The summed E-state index contributed by atoms with van der Waals surface area (Å²) in [4.78, 5) is 0. The summed E-state index contributed by atoms with van der Waals surface area (Å²) in [7, 11) is 0. The van der Waals surface area contributed by atoms with Crippen LogP contribution in [0.3, 0.4) is 0 Å². The second-order valence-corrected chi connectivity index (χ2v) is 2.58. The molecule has 2 unspecified atom stereocenters. The van der Waals surface area contributed by atoms with E-state index in [9.17, 15) is 0 Å². The van der Waals surface area contributed by atoms with Crippen LogP contribution in [0.2, 0.25) is 0 Å². The zero-order chi connectivity index (χ0) is 6.69. The fraction of sp³-hybridized carbons (Fsp3) is 0.857. The van der Waals surface area contributed by atoms with Crippen molar-refractivity contribution in [2.24, 2.45) is 11.8 Å². The van der Waals surface area contributed by atoms with Crippen molar-refractivity contribution in [1.82, 2.24) is 0 Å². The Bertz CT molecular complexity index is 127. The monoisotopic (exact) mass is 125 g/mol. The fourth-order valence-corrected chi connectivity index (χ4v) is 1.01. The highest BCUT2D eigenvalue weighted by molar-refractivity contribution is 4.87. The predicted molar refractivity (Wildman–Crippen MR) is 33.7 cm³/mol. The number of ether oxygens (including phenoxy) is 1. The maximum absolute atomic E-state index is 8.53. The number of nitrogens with zero attached hydrogens (tertiary/aromatic N) is 1. The van der Waals surface area contributed by atoms with Crippen molar-refractivity contribution in [3.63, 3.8) is 0 Å². The van der Waals surface area contributed by atoms with Crippen molar-refractivity contribution in [3.8, 4) is 6.07 Å². The zero-order valence-electron chi connectivity index (χ0n) is 5.63. The van der Waals surface area contributed by atoms with Gasteiger partial charge in [-0.05, 0) is 12.3 Å². The van der Waals surface area contributed by atoms with Crippen molar-refractivity contribution in [1.29, 1.82) is 5.26 Å². The fourth-order valence-electron chi connectivity index (χ4n) is 1.01. The molecule has 2 atom stereocenters. The minimum atomic E-state index is 0.138. The summed E-state index contributed by atoms with van der Waals surface area (Å²) in [6.07, 6.45) is 1.04. The SMILES string of the molecule is CC1CCOCC1C#N. The lowest BCUT2D eigenvalue weighted by atomic mass is 9.92. The van der Waals surface area contributed by atoms with Gasteiger partial charge in [0, 0.05) is 6.61 Å². The Morgan fingerprint density at radius 2 is 2.44 bits per heavy atom. The first-order valence-electron chi connectivity index (χ1n) is 3.32. The second-order valence-electron chi connectivity index (χ2n) is 2.58. The molecule has 0 N–H and O–H groups in total. The van der Waals surface area contributed by atoms with Gasteiger partial charge >= 0.3 is 0 Å². The molecule has 0 aliphatic carbocycles. The normalized spacial score (nSPS) is 35.6. The molecule has 1 saturated heterocycles. The van der Waals surface area contributed by atoms with Crippen molar-refractivity contribution >= 4 is 0 Å². The highest BCUT2D eigenvalue weighted by atomic mass is 16.5. The Morgan fingerprint density at radius 1 is 1.67 bits per heavy atom. The number of rotatable bonds is 0. The van der Waals surface area contributed by atoms with Gasteiger partial charge in [0.15, 0.2) is 0 Å². The molecule has 1 rings (SSSR count). The maximum atomic E-state index is 8.53. The van der Waals surface area contributed by atoms with E-state index in [0.29, 0.717) is 12.5 Å². The van der Waals surface area contributed by atoms with Gasteiger partial charge in [-0.3, -0.25) is 0 Å². The quantitative estimate of drug-likeness (QED) is 0.487. The topological polar surface area (TPSA) is 33.0 Å². The van der Waals surface area contributed by atoms with E-state index in [2.05, 4.69) is 13.0 Å². The average Bonchev–Trinajstić information content (AvgIpc) is 1.89. The van der Waals surface area contributed by atoms with Crippen molar-refractivity contribution in [2.75, 3.05) is 13.2 Å². The molecule has 0 amide bonds. The first-order chi connectivity index (χ1) is 4.34. The van der Waals surface area contributed by atoms with Gasteiger partial charge in [-0.15, -0.1) is 0 Å². The molecule has 1 fully saturated rings. The lowest BCUT2D eigenvalue weighted by Gasteiger charge is -2.22. The van der Waals surface area contributed by atoms with E-state index in [0.717, 1.165) is 13.0 Å². The van der Waals surface area contributed by atoms with Crippen LogP contribution in [0.4, 0.5) is 0 Å². The molecule has 0 aromatic heterocycles. The summed E-state index contributed by atoms with van der Waals surface area (Å²) in [5.74, 6) is 0.669. The molecule has 2 nitrogen and oxygen atoms in total. The molecule has 1 heterocycles. The molecule has 0 aromatic rings. The minimum absolute atomic E-state index is 0.138. The van der Waals surface area contributed by atoms with Crippen LogP contribution in [0.1, 0.15) is 13.3 Å². The Balaban J connectivity index is 2.41. The molecule has 0 saturated carbocycles. The largest absolute Gasteiger partial charge is 0.380 e. The van der Waals surface area contributed by atoms with Gasteiger partial charge in [-0.2, -0.15) is 5.26 Å². The van der Waals surface area contributed by atoms with E-state index in [4.69, 9.17) is 10.00 Å². The third kappa shape index (κ3) is 1.43. The van der Waals surface area contributed by atoms with Crippen LogP contribution < -0.4 is 0 Å². The van der Waals surface area contributed by atoms with E-state index < -0.39 is 0 Å². The van der Waals surface area contributed by atoms with Crippen LogP contribution in [0.25, 0.3) is 0 Å². The Labute approximate surface area is 55.4 Å². The molecule has 0 radical (unpaired) electrons. The van der Waals surface area contributed by atoms with E-state index in [1.54, 1.807) is 0 Å². The van der Waals surface area contributed by atoms with Gasteiger partial charge < -0.3 is 4.74 Å². The summed E-state index contributed by atoms with van der Waals surface area (Å²) in [6.45, 7) is 3.58. The van der Waals surface area contributed by atoms with Crippen LogP contribution in [0, 0.1) is 23.2 Å². The van der Waals surface area contributed by atoms with E-state index in [1.807, 2.05) is 0 Å². The molecule has 2 heteroatoms. The smallest absolute Gasteiger partial charge is 0.0723 e. The summed E-state index contributed by atoms with van der Waals surface area (Å²) >= 11 is 0. The Morgan fingerprint density at radius 3 is 2.89 bits per heavy atom. The third-order valence-corrected chi connectivity index (χ3v) is 1.87. The van der Waals surface area contributed by atoms with E-state index in [-0.39, 0.29) is 5.92 Å². The highest BCUT2D eigenvalue weighted by Gasteiger charge is 2.20. The van der Waals surface area contributed by atoms with Gasteiger partial charge in [0.1, 0.15) is 0 Å². The van der Waals surface area contributed by atoms with Gasteiger partial charge in [0.2, 0.25) is 0 Å². The van der Waals surface area contributed by atoms with Gasteiger partial charge in [-0.1, -0.05) is 6.92 Å². The first kappa shape index (κ1) is 6.57. The number of nitriles is 1. The van der Waals surface area contributed by atoms with Gasteiger partial charge in [-0.25, -0.2) is 0 Å². The lowest BCUT2D eigenvalue weighted by Crippen LogP contribution is -2.23. The Hall–Kier alpha value is -0.550. The molecule has 1 aliphatic rings. The number of hydrogen-bond donors (Lipinski definition) is 0. The third-order valence-electron chi connectivity index (χ3n) is 1.87. The molecule has 0 bridgehead atoms. The number of hydrogen-bond acceptors (Lipinski definition) is 2. The highest BCUT2D eigenvalue weighted by Crippen LogP contribution is 2.19. The molecule has 50 valence electrons. The summed E-state index contributed by atoms with van der Waals surface area (Å²) in [5, 5.41) is 8.53. The van der Waals surface area contributed by atoms with Gasteiger partial charge in [0.05, 0.1) is 18.6 Å². The van der Waals surface area contributed by atoms with Crippen LogP contribution in [0.15, 0.2) is 0 Å². The van der Waals surface area contributed by atoms with Gasteiger partial charge in [0.25, 0.3) is 0 Å². The predicted octanol–water partition coefficient (Wildman–Crippen LogP) is 1.18. The molecule has 0 spiro atoms. The molecular formula is C7H11NO. The zero-order valence-corrected chi connectivity index (χ0v) is 5.63. The summed E-state index contributed by atoms with van der Waals surface area (Å²) in [5.41, 5.74) is 0. The lowest BCUT2D eigenvalue weighted by molar-refractivity contribution is 0.0438. The van der Waals surface area contributed by atoms with E-state index in [1.165, 1.54) is 0 Å². The van der Waals surface area contributed by atoms with Crippen LogP contribution in [-0.2, 0) is 4.74 Å². The molecular weight excluding hydrogens is 114 g/mol. The van der Waals surface area contributed by atoms with Crippen LogP contribution >= 0.6 is 0 Å². The summed E-state index contributed by atoms with van der Waals surface area (Å²) < 4.78 is 5.12. The Kier molecular flexibility index (Phi) is 2.07. The standard InChI is InChI=1S/C7H11NO/c1-6-2-3-9-5-7(6)4-8/h6-7H,2-3,5H2,1H3. The van der Waals surface area contributed by atoms with Crippen molar-refractivity contribution < 1.29 is 4.74 Å².